The third kappa shape index (κ3) is 25.3. The number of carboxylic acid groups (broad SMARTS) is 1. The maximum atomic E-state index is 10.0. The highest BCUT2D eigenvalue weighted by atomic mass is 16.5. The van der Waals surface area contributed by atoms with Gasteiger partial charge in [-0.3, -0.25) is 9.59 Å². The SMILES string of the molecule is COC(C)(C)C.O=CNCCCCCC(=O)O. The Morgan fingerprint density at radius 1 is 1.29 bits per heavy atom. The molecule has 1 amide bonds. The maximum Gasteiger partial charge on any atom is 0.303 e. The molecule has 17 heavy (non-hydrogen) atoms. The molecule has 0 radical (unpaired) electrons. The average molecular weight is 247 g/mol. The van der Waals surface area contributed by atoms with Gasteiger partial charge < -0.3 is 15.2 Å². The normalized spacial score (nSPS) is 10.1. The van der Waals surface area contributed by atoms with Gasteiger partial charge in [0, 0.05) is 20.1 Å². The van der Waals surface area contributed by atoms with Gasteiger partial charge in [0.2, 0.25) is 6.41 Å². The van der Waals surface area contributed by atoms with Crippen LogP contribution in [-0.2, 0) is 14.3 Å². The van der Waals surface area contributed by atoms with E-state index < -0.39 is 5.97 Å². The summed E-state index contributed by atoms with van der Waals surface area (Å²) in [5.41, 5.74) is 0.0417. The fourth-order valence-electron chi connectivity index (χ4n) is 0.739. The lowest BCUT2D eigenvalue weighted by Crippen LogP contribution is -2.15. The number of methoxy groups -OCH3 is 1. The molecule has 0 aromatic heterocycles. The average Bonchev–Trinajstić information content (AvgIpc) is 2.23. The number of unbranched alkanes of at least 4 members (excludes halogenated alkanes) is 2. The number of carbonyl (C=O) groups is 2. The van der Waals surface area contributed by atoms with Crippen LogP contribution < -0.4 is 5.32 Å². The summed E-state index contributed by atoms with van der Waals surface area (Å²) in [5.74, 6) is -0.756. The fourth-order valence-corrected chi connectivity index (χ4v) is 0.739. The van der Waals surface area contributed by atoms with Crippen LogP contribution in [0.3, 0.4) is 0 Å². The van der Waals surface area contributed by atoms with Crippen molar-refractivity contribution in [2.75, 3.05) is 13.7 Å². The Morgan fingerprint density at radius 3 is 2.18 bits per heavy atom. The predicted molar refractivity (Wildman–Crippen MR) is 66.9 cm³/mol. The zero-order valence-electron chi connectivity index (χ0n) is 11.3. The Labute approximate surface area is 104 Å². The van der Waals surface area contributed by atoms with E-state index in [1.807, 2.05) is 20.8 Å². The largest absolute Gasteiger partial charge is 0.481 e. The molecule has 0 rings (SSSR count). The molecule has 0 saturated heterocycles. The molecule has 0 fully saturated rings. The molecular formula is C12H25NO4. The number of aliphatic carboxylic acids is 1. The standard InChI is InChI=1S/C7H13NO3.C5H12O/c9-6-8-5-3-1-2-4-7(10)11;1-5(2,3)6-4/h6H,1-5H2,(H,8,9)(H,10,11);1-4H3. The number of nitrogens with one attached hydrogen (secondary N) is 1. The topological polar surface area (TPSA) is 75.6 Å². The molecule has 0 aromatic rings. The van der Waals surface area contributed by atoms with Crippen molar-refractivity contribution >= 4 is 12.4 Å². The third-order valence-corrected chi connectivity index (χ3v) is 1.91. The predicted octanol–water partition coefficient (Wildman–Crippen LogP) is 1.81. The summed E-state index contributed by atoms with van der Waals surface area (Å²) in [7, 11) is 1.71. The number of amides is 1. The zero-order chi connectivity index (χ0) is 13.7. The summed E-state index contributed by atoms with van der Waals surface area (Å²) in [5, 5.41) is 10.8. The van der Waals surface area contributed by atoms with Gasteiger partial charge in [-0.05, 0) is 33.6 Å². The highest BCUT2D eigenvalue weighted by molar-refractivity contribution is 5.66. The van der Waals surface area contributed by atoms with E-state index in [0.29, 0.717) is 19.4 Å². The van der Waals surface area contributed by atoms with Gasteiger partial charge >= 0.3 is 5.97 Å². The van der Waals surface area contributed by atoms with Crippen molar-refractivity contribution in [3.05, 3.63) is 0 Å². The summed E-state index contributed by atoms with van der Waals surface area (Å²) in [6.07, 6.45) is 3.27. The van der Waals surface area contributed by atoms with Crippen LogP contribution in [0.1, 0.15) is 46.5 Å². The van der Waals surface area contributed by atoms with Gasteiger partial charge in [0.1, 0.15) is 0 Å². The minimum atomic E-state index is -0.756. The Bertz CT molecular complexity index is 199. The van der Waals surface area contributed by atoms with E-state index in [1.54, 1.807) is 7.11 Å². The molecule has 5 heteroatoms. The van der Waals surface area contributed by atoms with Gasteiger partial charge in [-0.1, -0.05) is 6.42 Å². The molecule has 0 saturated carbocycles. The Kier molecular flexibility index (Phi) is 12.2. The minimum absolute atomic E-state index is 0.0417. The summed E-state index contributed by atoms with van der Waals surface area (Å²) in [4.78, 5) is 19.8. The molecule has 0 aliphatic heterocycles. The molecule has 0 atom stereocenters. The second kappa shape index (κ2) is 11.4. The Balaban J connectivity index is 0. The molecule has 0 aromatic carbocycles. The smallest absolute Gasteiger partial charge is 0.303 e. The van der Waals surface area contributed by atoms with Gasteiger partial charge in [-0.25, -0.2) is 0 Å². The van der Waals surface area contributed by atoms with Gasteiger partial charge in [0.25, 0.3) is 0 Å². The van der Waals surface area contributed by atoms with Crippen molar-refractivity contribution in [1.82, 2.24) is 5.32 Å². The molecule has 2 N–H and O–H groups in total. The fraction of sp³-hybridized carbons (Fsp3) is 0.833. The highest BCUT2D eigenvalue weighted by Crippen LogP contribution is 2.02. The highest BCUT2D eigenvalue weighted by Gasteiger charge is 2.04. The van der Waals surface area contributed by atoms with Crippen molar-refractivity contribution in [2.45, 2.75) is 52.1 Å². The van der Waals surface area contributed by atoms with Crippen LogP contribution in [0.4, 0.5) is 0 Å². The number of rotatable bonds is 7. The van der Waals surface area contributed by atoms with Crippen molar-refractivity contribution in [3.63, 3.8) is 0 Å². The first kappa shape index (κ1) is 18.3. The van der Waals surface area contributed by atoms with E-state index in [1.165, 1.54) is 0 Å². The number of hydrogen-bond acceptors (Lipinski definition) is 3. The zero-order valence-corrected chi connectivity index (χ0v) is 11.3. The van der Waals surface area contributed by atoms with E-state index in [0.717, 1.165) is 12.8 Å². The lowest BCUT2D eigenvalue weighted by molar-refractivity contribution is -0.137. The number of carboxylic acids is 1. The molecule has 5 nitrogen and oxygen atoms in total. The second-order valence-corrected chi connectivity index (χ2v) is 4.59. The summed E-state index contributed by atoms with van der Waals surface area (Å²) in [6.45, 7) is 6.70. The lowest BCUT2D eigenvalue weighted by atomic mass is 10.2. The number of hydrogen-bond donors (Lipinski definition) is 2. The van der Waals surface area contributed by atoms with E-state index in [9.17, 15) is 9.59 Å². The maximum absolute atomic E-state index is 10.0. The van der Waals surface area contributed by atoms with Crippen LogP contribution in [0.25, 0.3) is 0 Å². The molecule has 0 spiro atoms. The molecule has 0 aliphatic carbocycles. The van der Waals surface area contributed by atoms with Crippen molar-refractivity contribution < 1.29 is 19.4 Å². The van der Waals surface area contributed by atoms with E-state index in [-0.39, 0.29) is 12.0 Å². The van der Waals surface area contributed by atoms with Crippen molar-refractivity contribution in [3.8, 4) is 0 Å². The minimum Gasteiger partial charge on any atom is -0.481 e. The van der Waals surface area contributed by atoms with Gasteiger partial charge in [0.05, 0.1) is 5.60 Å². The van der Waals surface area contributed by atoms with Crippen LogP contribution in [0.15, 0.2) is 0 Å². The monoisotopic (exact) mass is 247 g/mol. The molecule has 0 bridgehead atoms. The van der Waals surface area contributed by atoms with E-state index in [2.05, 4.69) is 5.32 Å². The third-order valence-electron chi connectivity index (χ3n) is 1.91. The first-order valence-corrected chi connectivity index (χ1v) is 5.77. The Hall–Kier alpha value is -1.10. The van der Waals surface area contributed by atoms with Crippen LogP contribution in [0.2, 0.25) is 0 Å². The van der Waals surface area contributed by atoms with E-state index in [4.69, 9.17) is 9.84 Å². The second-order valence-electron chi connectivity index (χ2n) is 4.59. The molecule has 0 unspecified atom stereocenters. The Morgan fingerprint density at radius 2 is 1.82 bits per heavy atom. The summed E-state index contributed by atoms with van der Waals surface area (Å²) >= 11 is 0. The summed E-state index contributed by atoms with van der Waals surface area (Å²) < 4.78 is 4.94. The van der Waals surface area contributed by atoms with Crippen LogP contribution in [0, 0.1) is 0 Å². The molecule has 102 valence electrons. The number of carbonyl (C=O) groups excluding carboxylic acids is 1. The van der Waals surface area contributed by atoms with Crippen molar-refractivity contribution in [1.29, 1.82) is 0 Å². The number of ether oxygens (including phenoxy) is 1. The quantitative estimate of drug-likeness (QED) is 0.531. The van der Waals surface area contributed by atoms with Crippen molar-refractivity contribution in [2.24, 2.45) is 0 Å². The van der Waals surface area contributed by atoms with Gasteiger partial charge in [0.15, 0.2) is 0 Å². The van der Waals surface area contributed by atoms with Gasteiger partial charge in [-0.2, -0.15) is 0 Å². The van der Waals surface area contributed by atoms with E-state index >= 15 is 0 Å². The lowest BCUT2D eigenvalue weighted by Gasteiger charge is -2.14. The first-order valence-electron chi connectivity index (χ1n) is 5.77. The first-order chi connectivity index (χ1) is 7.83. The molecule has 0 aliphatic rings. The molecular weight excluding hydrogens is 222 g/mol. The van der Waals surface area contributed by atoms with Crippen LogP contribution in [0.5, 0.6) is 0 Å². The molecule has 0 heterocycles. The van der Waals surface area contributed by atoms with Crippen LogP contribution in [-0.4, -0.2) is 36.7 Å². The van der Waals surface area contributed by atoms with Gasteiger partial charge in [-0.15, -0.1) is 0 Å². The van der Waals surface area contributed by atoms with Crippen LogP contribution >= 0.6 is 0 Å². The summed E-state index contributed by atoms with van der Waals surface area (Å²) in [6, 6.07) is 0.